The van der Waals surface area contributed by atoms with Crippen LogP contribution in [0.25, 0.3) is 0 Å². The number of aliphatic hydroxyl groups is 1. The summed E-state index contributed by atoms with van der Waals surface area (Å²) >= 11 is 0. The van der Waals surface area contributed by atoms with E-state index in [4.69, 9.17) is 4.74 Å². The van der Waals surface area contributed by atoms with E-state index < -0.39 is 5.60 Å². The Morgan fingerprint density at radius 2 is 1.90 bits per heavy atom. The molecular formula is C17H23NO2. The van der Waals surface area contributed by atoms with E-state index >= 15 is 0 Å². The first-order chi connectivity index (χ1) is 9.73. The minimum Gasteiger partial charge on any atom is -0.490 e. The molecule has 3 aliphatic rings. The Morgan fingerprint density at radius 3 is 2.65 bits per heavy atom. The van der Waals surface area contributed by atoms with Crippen LogP contribution in [0.5, 0.6) is 5.75 Å². The largest absolute Gasteiger partial charge is 0.490 e. The maximum absolute atomic E-state index is 11.0. The highest BCUT2D eigenvalue weighted by Gasteiger charge is 2.41. The van der Waals surface area contributed by atoms with E-state index in [2.05, 4.69) is 17.0 Å². The van der Waals surface area contributed by atoms with Crippen LogP contribution in [-0.2, 0) is 5.60 Å². The van der Waals surface area contributed by atoms with Crippen LogP contribution >= 0.6 is 0 Å². The Balaban J connectivity index is 1.50. The topological polar surface area (TPSA) is 32.7 Å². The number of piperidine rings is 1. The molecular weight excluding hydrogens is 250 g/mol. The summed E-state index contributed by atoms with van der Waals surface area (Å²) in [6.07, 6.45) is 7.07. The maximum Gasteiger partial charge on any atom is 0.119 e. The third-order valence-corrected chi connectivity index (χ3v) is 5.10. The van der Waals surface area contributed by atoms with Crippen LogP contribution in [0.2, 0.25) is 0 Å². The predicted molar refractivity (Wildman–Crippen MR) is 77.8 cm³/mol. The first-order valence-electron chi connectivity index (χ1n) is 7.97. The smallest absolute Gasteiger partial charge is 0.119 e. The summed E-state index contributed by atoms with van der Waals surface area (Å²) in [4.78, 5) is 2.54. The molecule has 0 spiro atoms. The zero-order valence-corrected chi connectivity index (χ0v) is 11.9. The Bertz CT molecular complexity index is 482. The van der Waals surface area contributed by atoms with Crippen LogP contribution in [0.4, 0.5) is 0 Å². The van der Waals surface area contributed by atoms with Gasteiger partial charge < -0.3 is 14.7 Å². The highest BCUT2D eigenvalue weighted by Crippen LogP contribution is 2.40. The van der Waals surface area contributed by atoms with Crippen LogP contribution in [-0.4, -0.2) is 35.2 Å². The fourth-order valence-electron chi connectivity index (χ4n) is 3.73. The molecule has 4 rings (SSSR count). The van der Waals surface area contributed by atoms with E-state index in [1.54, 1.807) is 0 Å². The first kappa shape index (κ1) is 12.7. The minimum atomic E-state index is -0.635. The van der Waals surface area contributed by atoms with Gasteiger partial charge in [-0.25, -0.2) is 0 Å². The van der Waals surface area contributed by atoms with E-state index in [1.165, 1.54) is 32.2 Å². The van der Waals surface area contributed by atoms with E-state index in [1.807, 2.05) is 12.1 Å². The summed E-state index contributed by atoms with van der Waals surface area (Å²) in [5.41, 5.74) is 0.427. The monoisotopic (exact) mass is 273 g/mol. The molecule has 1 N–H and O–H groups in total. The lowest BCUT2D eigenvalue weighted by Gasteiger charge is -2.41. The van der Waals surface area contributed by atoms with Crippen molar-refractivity contribution in [2.24, 2.45) is 0 Å². The van der Waals surface area contributed by atoms with Crippen molar-refractivity contribution in [1.82, 2.24) is 4.90 Å². The van der Waals surface area contributed by atoms with Gasteiger partial charge in [0.25, 0.3) is 0 Å². The number of hydrogen-bond donors (Lipinski definition) is 1. The third-order valence-electron chi connectivity index (χ3n) is 5.10. The standard InChI is InChI=1S/C17H23NO2/c19-17(9-11-18-10-1-2-14(18)12-17)13-3-5-15(6-4-13)20-16-7-8-16/h3-6,14,16,19H,1-2,7-12H2. The molecule has 2 aliphatic heterocycles. The van der Waals surface area contributed by atoms with Gasteiger partial charge in [-0.15, -0.1) is 0 Å². The average molecular weight is 273 g/mol. The van der Waals surface area contributed by atoms with Crippen molar-refractivity contribution in [3.05, 3.63) is 29.8 Å². The van der Waals surface area contributed by atoms with Crippen LogP contribution in [0.3, 0.4) is 0 Å². The van der Waals surface area contributed by atoms with Crippen LogP contribution in [0.15, 0.2) is 24.3 Å². The third kappa shape index (κ3) is 2.33. The summed E-state index contributed by atoms with van der Waals surface area (Å²) in [6, 6.07) is 8.74. The quantitative estimate of drug-likeness (QED) is 0.919. The molecule has 0 amide bonds. The van der Waals surface area contributed by atoms with E-state index in [-0.39, 0.29) is 0 Å². The molecule has 2 unspecified atom stereocenters. The molecule has 3 fully saturated rings. The summed E-state index contributed by atoms with van der Waals surface area (Å²) in [5, 5.41) is 11.0. The Hall–Kier alpha value is -1.06. The average Bonchev–Trinajstić information content (AvgIpc) is 3.15. The molecule has 3 heteroatoms. The van der Waals surface area contributed by atoms with E-state index in [0.29, 0.717) is 12.1 Å². The minimum absolute atomic E-state index is 0.436. The van der Waals surface area contributed by atoms with Gasteiger partial charge in [0.15, 0.2) is 0 Å². The van der Waals surface area contributed by atoms with Gasteiger partial charge >= 0.3 is 0 Å². The van der Waals surface area contributed by atoms with Crippen LogP contribution in [0.1, 0.15) is 44.1 Å². The van der Waals surface area contributed by atoms with Crippen molar-refractivity contribution in [2.75, 3.05) is 13.1 Å². The van der Waals surface area contributed by atoms with Crippen molar-refractivity contribution in [3.63, 3.8) is 0 Å². The lowest BCUT2D eigenvalue weighted by atomic mass is 9.81. The Kier molecular flexibility index (Phi) is 3.00. The maximum atomic E-state index is 11.0. The number of rotatable bonds is 3. The second-order valence-corrected chi connectivity index (χ2v) is 6.66. The summed E-state index contributed by atoms with van der Waals surface area (Å²) in [6.45, 7) is 2.25. The lowest BCUT2D eigenvalue weighted by molar-refractivity contribution is -0.0409. The zero-order chi connectivity index (χ0) is 13.6. The Labute approximate surface area is 120 Å². The van der Waals surface area contributed by atoms with Crippen molar-refractivity contribution in [3.8, 4) is 5.75 Å². The van der Waals surface area contributed by atoms with Gasteiger partial charge in [0.1, 0.15) is 5.75 Å². The first-order valence-corrected chi connectivity index (χ1v) is 7.97. The molecule has 108 valence electrons. The molecule has 0 bridgehead atoms. The van der Waals surface area contributed by atoms with Gasteiger partial charge in [-0.3, -0.25) is 0 Å². The number of nitrogens with zero attached hydrogens (tertiary/aromatic N) is 1. The number of fused-ring (bicyclic) bond motifs is 1. The fourth-order valence-corrected chi connectivity index (χ4v) is 3.73. The molecule has 0 aromatic heterocycles. The second kappa shape index (κ2) is 4.74. The van der Waals surface area contributed by atoms with Crippen molar-refractivity contribution in [2.45, 2.75) is 56.3 Å². The summed E-state index contributed by atoms with van der Waals surface area (Å²) in [5.74, 6) is 0.943. The molecule has 1 saturated carbocycles. The van der Waals surface area contributed by atoms with Crippen molar-refractivity contribution < 1.29 is 9.84 Å². The molecule has 1 aliphatic carbocycles. The highest BCUT2D eigenvalue weighted by atomic mass is 16.5. The fraction of sp³-hybridized carbons (Fsp3) is 0.647. The number of hydrogen-bond acceptors (Lipinski definition) is 3. The van der Waals surface area contributed by atoms with Crippen LogP contribution in [0, 0.1) is 0 Å². The molecule has 1 aromatic rings. The zero-order valence-electron chi connectivity index (χ0n) is 11.9. The predicted octanol–water partition coefficient (Wildman–Crippen LogP) is 2.67. The highest BCUT2D eigenvalue weighted by molar-refractivity contribution is 5.32. The van der Waals surface area contributed by atoms with E-state index in [0.717, 1.165) is 30.7 Å². The van der Waals surface area contributed by atoms with Gasteiger partial charge in [-0.05, 0) is 62.8 Å². The van der Waals surface area contributed by atoms with Crippen molar-refractivity contribution in [1.29, 1.82) is 0 Å². The summed E-state index contributed by atoms with van der Waals surface area (Å²) < 4.78 is 5.78. The number of benzene rings is 1. The van der Waals surface area contributed by atoms with E-state index in [9.17, 15) is 5.11 Å². The molecule has 0 radical (unpaired) electrons. The number of ether oxygens (including phenoxy) is 1. The molecule has 1 aromatic carbocycles. The SMILES string of the molecule is OC1(c2ccc(OC3CC3)cc2)CCN2CCCC2C1. The van der Waals surface area contributed by atoms with Gasteiger partial charge in [0.2, 0.25) is 0 Å². The van der Waals surface area contributed by atoms with Crippen molar-refractivity contribution >= 4 is 0 Å². The summed E-state index contributed by atoms with van der Waals surface area (Å²) in [7, 11) is 0. The molecule has 2 atom stereocenters. The molecule has 2 heterocycles. The van der Waals surface area contributed by atoms with Gasteiger partial charge in [0.05, 0.1) is 11.7 Å². The Morgan fingerprint density at radius 1 is 1.10 bits per heavy atom. The lowest BCUT2D eigenvalue weighted by Crippen LogP contribution is -2.45. The molecule has 2 saturated heterocycles. The molecule has 3 nitrogen and oxygen atoms in total. The normalized spacial score (nSPS) is 34.0. The second-order valence-electron chi connectivity index (χ2n) is 6.66. The van der Waals surface area contributed by atoms with Gasteiger partial charge in [-0.1, -0.05) is 12.1 Å². The van der Waals surface area contributed by atoms with Gasteiger partial charge in [0, 0.05) is 12.6 Å². The van der Waals surface area contributed by atoms with Crippen LogP contribution < -0.4 is 4.74 Å². The van der Waals surface area contributed by atoms with Gasteiger partial charge in [-0.2, -0.15) is 0 Å². The molecule has 20 heavy (non-hydrogen) atoms.